The summed E-state index contributed by atoms with van der Waals surface area (Å²) in [6.07, 6.45) is 2.09. The average Bonchev–Trinajstić information content (AvgIpc) is 3.11. The molecule has 0 heterocycles. The third kappa shape index (κ3) is 3.08. The smallest absolute Gasteiger partial charge is 0.207 e. The van der Waals surface area contributed by atoms with Crippen LogP contribution in [0.3, 0.4) is 0 Å². The minimum Gasteiger partial charge on any atom is -0.207 e. The molecule has 4 nitrogen and oxygen atoms in total. The first-order chi connectivity index (χ1) is 8.76. The number of sulfonamides is 1. The highest BCUT2D eigenvalue weighted by molar-refractivity contribution is 7.89. The van der Waals surface area contributed by atoms with Gasteiger partial charge < -0.3 is 0 Å². The molecule has 1 aromatic carbocycles. The largest absolute Gasteiger partial charge is 0.241 e. The lowest BCUT2D eigenvalue weighted by Gasteiger charge is -2.25. The van der Waals surface area contributed by atoms with Crippen LogP contribution in [0.15, 0.2) is 23.1 Å². The van der Waals surface area contributed by atoms with Crippen LogP contribution in [-0.4, -0.2) is 14.0 Å². The Morgan fingerprint density at radius 2 is 2.05 bits per heavy atom. The molecule has 2 rings (SSSR count). The maximum absolute atomic E-state index is 12.3. The monoisotopic (exact) mass is 298 g/mol. The number of halogens is 1. The van der Waals surface area contributed by atoms with Crippen molar-refractivity contribution in [1.29, 1.82) is 5.26 Å². The summed E-state index contributed by atoms with van der Waals surface area (Å²) in [6.45, 7) is 3.76. The zero-order valence-corrected chi connectivity index (χ0v) is 12.3. The molecule has 1 fully saturated rings. The lowest BCUT2D eigenvalue weighted by molar-refractivity contribution is 0.400. The quantitative estimate of drug-likeness (QED) is 0.929. The standard InChI is InChI=1S/C13H15ClN2O2S/c1-13(2,10-4-5-10)16-19(17,18)11-6-3-9(8-15)12(14)7-11/h3,6-7,10,16H,4-5H2,1-2H3. The van der Waals surface area contributed by atoms with Gasteiger partial charge in [-0.05, 0) is 50.8 Å². The van der Waals surface area contributed by atoms with Crippen molar-refractivity contribution in [3.8, 4) is 6.07 Å². The minimum atomic E-state index is -3.61. The molecule has 1 saturated carbocycles. The van der Waals surface area contributed by atoms with Crippen LogP contribution < -0.4 is 4.72 Å². The van der Waals surface area contributed by atoms with E-state index >= 15 is 0 Å². The van der Waals surface area contributed by atoms with E-state index in [9.17, 15) is 8.42 Å². The number of nitrogens with one attached hydrogen (secondary N) is 1. The Labute approximate surface area is 118 Å². The fourth-order valence-corrected chi connectivity index (χ4v) is 3.83. The molecule has 1 aliphatic rings. The van der Waals surface area contributed by atoms with Gasteiger partial charge in [0.2, 0.25) is 10.0 Å². The molecule has 0 atom stereocenters. The Kier molecular flexibility index (Phi) is 3.61. The molecule has 6 heteroatoms. The molecule has 1 aromatic rings. The van der Waals surface area contributed by atoms with Crippen molar-refractivity contribution in [2.24, 2.45) is 5.92 Å². The van der Waals surface area contributed by atoms with Crippen LogP contribution in [-0.2, 0) is 10.0 Å². The lowest BCUT2D eigenvalue weighted by Crippen LogP contribution is -2.45. The summed E-state index contributed by atoms with van der Waals surface area (Å²) in [4.78, 5) is 0.0882. The molecule has 1 N–H and O–H groups in total. The second-order valence-electron chi connectivity index (χ2n) is 5.35. The van der Waals surface area contributed by atoms with Crippen LogP contribution in [0, 0.1) is 17.2 Å². The van der Waals surface area contributed by atoms with Crippen molar-refractivity contribution in [3.05, 3.63) is 28.8 Å². The summed E-state index contributed by atoms with van der Waals surface area (Å²) < 4.78 is 27.3. The van der Waals surface area contributed by atoms with E-state index in [4.69, 9.17) is 16.9 Å². The SMILES string of the molecule is CC(C)(NS(=O)(=O)c1ccc(C#N)c(Cl)c1)C1CC1. The fraction of sp³-hybridized carbons (Fsp3) is 0.462. The van der Waals surface area contributed by atoms with Gasteiger partial charge in [0.1, 0.15) is 6.07 Å². The second-order valence-corrected chi connectivity index (χ2v) is 7.44. The average molecular weight is 299 g/mol. The zero-order chi connectivity index (χ0) is 14.3. The Morgan fingerprint density at radius 3 is 2.53 bits per heavy atom. The third-order valence-electron chi connectivity index (χ3n) is 3.37. The van der Waals surface area contributed by atoms with E-state index < -0.39 is 15.6 Å². The molecule has 0 amide bonds. The first-order valence-electron chi connectivity index (χ1n) is 6.00. The van der Waals surface area contributed by atoms with Crippen molar-refractivity contribution >= 4 is 21.6 Å². The summed E-state index contributed by atoms with van der Waals surface area (Å²) in [5.41, 5.74) is -0.193. The second kappa shape index (κ2) is 4.78. The summed E-state index contributed by atoms with van der Waals surface area (Å²) in [5, 5.41) is 8.93. The predicted octanol–water partition coefficient (Wildman–Crippen LogP) is 2.68. The maximum atomic E-state index is 12.3. The molecule has 0 saturated heterocycles. The zero-order valence-electron chi connectivity index (χ0n) is 10.8. The Hall–Kier alpha value is -1.09. The molecule has 0 aliphatic heterocycles. The molecule has 1 aliphatic carbocycles. The molecule has 0 bridgehead atoms. The number of rotatable bonds is 4. The Balaban J connectivity index is 2.30. The van der Waals surface area contributed by atoms with Crippen molar-refractivity contribution in [3.63, 3.8) is 0 Å². The topological polar surface area (TPSA) is 70.0 Å². The van der Waals surface area contributed by atoms with Crippen LogP contribution in [0.25, 0.3) is 0 Å². The van der Waals surface area contributed by atoms with Gasteiger partial charge in [0.05, 0.1) is 15.5 Å². The van der Waals surface area contributed by atoms with E-state index in [0.29, 0.717) is 5.92 Å². The highest BCUT2D eigenvalue weighted by Crippen LogP contribution is 2.40. The van der Waals surface area contributed by atoms with Crippen LogP contribution in [0.2, 0.25) is 5.02 Å². The van der Waals surface area contributed by atoms with Crippen molar-refractivity contribution in [2.45, 2.75) is 37.1 Å². The van der Waals surface area contributed by atoms with E-state index in [1.807, 2.05) is 19.9 Å². The van der Waals surface area contributed by atoms with Crippen LogP contribution in [0.4, 0.5) is 0 Å². The fourth-order valence-electron chi connectivity index (χ4n) is 2.05. The minimum absolute atomic E-state index is 0.0882. The molecular formula is C13H15ClN2O2S. The number of hydrogen-bond acceptors (Lipinski definition) is 3. The first kappa shape index (κ1) is 14.3. The summed E-state index contributed by atoms with van der Waals surface area (Å²) in [5.74, 6) is 0.385. The van der Waals surface area contributed by atoms with E-state index in [0.717, 1.165) is 12.8 Å². The molecule has 19 heavy (non-hydrogen) atoms. The van der Waals surface area contributed by atoms with Gasteiger partial charge in [-0.1, -0.05) is 11.6 Å². The Morgan fingerprint density at radius 1 is 1.42 bits per heavy atom. The Bertz CT molecular complexity index is 643. The number of nitriles is 1. The lowest BCUT2D eigenvalue weighted by atomic mass is 10.0. The normalized spacial score (nSPS) is 16.1. The predicted molar refractivity (Wildman–Crippen MR) is 73.3 cm³/mol. The molecule has 0 radical (unpaired) electrons. The molecule has 102 valence electrons. The number of hydrogen-bond donors (Lipinski definition) is 1. The van der Waals surface area contributed by atoms with Gasteiger partial charge in [-0.3, -0.25) is 0 Å². The van der Waals surface area contributed by atoms with Crippen molar-refractivity contribution < 1.29 is 8.42 Å². The molecule has 0 spiro atoms. The molecule has 0 aromatic heterocycles. The highest BCUT2D eigenvalue weighted by Gasteiger charge is 2.40. The van der Waals surface area contributed by atoms with Gasteiger partial charge in [0, 0.05) is 5.54 Å². The van der Waals surface area contributed by atoms with E-state index in [-0.39, 0.29) is 15.5 Å². The summed E-state index contributed by atoms with van der Waals surface area (Å²) in [7, 11) is -3.61. The summed E-state index contributed by atoms with van der Waals surface area (Å²) in [6, 6.07) is 6.03. The van der Waals surface area contributed by atoms with Crippen LogP contribution in [0.1, 0.15) is 32.3 Å². The van der Waals surface area contributed by atoms with Gasteiger partial charge in [0.15, 0.2) is 0 Å². The van der Waals surface area contributed by atoms with E-state index in [1.54, 1.807) is 0 Å². The van der Waals surface area contributed by atoms with E-state index in [1.165, 1.54) is 18.2 Å². The highest BCUT2D eigenvalue weighted by atomic mass is 35.5. The van der Waals surface area contributed by atoms with Gasteiger partial charge in [-0.2, -0.15) is 5.26 Å². The van der Waals surface area contributed by atoms with Crippen LogP contribution in [0.5, 0.6) is 0 Å². The van der Waals surface area contributed by atoms with Gasteiger partial charge in [-0.15, -0.1) is 0 Å². The molecular weight excluding hydrogens is 284 g/mol. The van der Waals surface area contributed by atoms with Crippen molar-refractivity contribution in [1.82, 2.24) is 4.72 Å². The van der Waals surface area contributed by atoms with Gasteiger partial charge in [-0.25, -0.2) is 13.1 Å². The van der Waals surface area contributed by atoms with Gasteiger partial charge in [0.25, 0.3) is 0 Å². The maximum Gasteiger partial charge on any atom is 0.241 e. The van der Waals surface area contributed by atoms with E-state index in [2.05, 4.69) is 4.72 Å². The number of nitrogens with zero attached hydrogens (tertiary/aromatic N) is 1. The summed E-state index contributed by atoms with van der Waals surface area (Å²) >= 11 is 5.87. The first-order valence-corrected chi connectivity index (χ1v) is 7.86. The van der Waals surface area contributed by atoms with Crippen LogP contribution >= 0.6 is 11.6 Å². The molecule has 0 unspecified atom stereocenters. The third-order valence-corrected chi connectivity index (χ3v) is 5.35. The van der Waals surface area contributed by atoms with Gasteiger partial charge >= 0.3 is 0 Å². The number of benzene rings is 1. The van der Waals surface area contributed by atoms with Crippen molar-refractivity contribution in [2.75, 3.05) is 0 Å².